The summed E-state index contributed by atoms with van der Waals surface area (Å²) in [5.41, 5.74) is -0.319. The van der Waals surface area contributed by atoms with Gasteiger partial charge in [-0.1, -0.05) is 10.3 Å². The van der Waals surface area contributed by atoms with E-state index in [1.165, 1.54) is 28.1 Å². The van der Waals surface area contributed by atoms with Gasteiger partial charge in [0.1, 0.15) is 14.2 Å². The molecule has 0 amide bonds. The van der Waals surface area contributed by atoms with E-state index in [4.69, 9.17) is 0 Å². The van der Waals surface area contributed by atoms with Crippen LogP contribution in [0.1, 0.15) is 13.8 Å². The van der Waals surface area contributed by atoms with Gasteiger partial charge in [-0.05, 0) is 13.8 Å². The molecular formula is C8H12N2O6Zn. The average molecular weight is 298 g/mol. The molecule has 0 aromatic carbocycles. The number of hydrogen-bond acceptors (Lipinski definition) is 8. The largest absolute Gasteiger partial charge is 2.00 e. The van der Waals surface area contributed by atoms with Crippen LogP contribution in [0.2, 0.25) is 0 Å². The van der Waals surface area contributed by atoms with Crippen molar-refractivity contribution >= 4 is 23.4 Å². The van der Waals surface area contributed by atoms with Crippen LogP contribution < -0.4 is 10.2 Å². The molecule has 0 aliphatic rings. The molecular weight excluding hydrogens is 285 g/mol. The molecule has 0 saturated carbocycles. The molecule has 0 N–H and O–H groups in total. The number of aliphatic carboxylic acids is 2. The van der Waals surface area contributed by atoms with Crippen LogP contribution in [0, 0.1) is 0 Å². The van der Waals surface area contributed by atoms with Gasteiger partial charge in [0.15, 0.2) is 0 Å². The van der Waals surface area contributed by atoms with Gasteiger partial charge >= 0.3 is 19.5 Å². The smallest absolute Gasteiger partial charge is 0.543 e. The molecule has 0 fully saturated rings. The van der Waals surface area contributed by atoms with Crippen molar-refractivity contribution in [3.63, 3.8) is 0 Å². The number of rotatable bonds is 4. The molecule has 0 heterocycles. The van der Waals surface area contributed by atoms with E-state index in [9.17, 15) is 19.8 Å². The second-order valence-electron chi connectivity index (χ2n) is 2.29. The summed E-state index contributed by atoms with van der Waals surface area (Å²) in [5.74, 6) is -2.63. The summed E-state index contributed by atoms with van der Waals surface area (Å²) >= 11 is 0. The molecule has 0 aromatic heterocycles. The molecule has 0 bridgehead atoms. The Hall–Kier alpha value is -1.50. The van der Waals surface area contributed by atoms with Gasteiger partial charge in [0, 0.05) is 0 Å². The van der Waals surface area contributed by atoms with Gasteiger partial charge in [-0.2, -0.15) is 0 Å². The van der Waals surface area contributed by atoms with Crippen molar-refractivity contribution in [1.82, 2.24) is 0 Å². The zero-order chi connectivity index (χ0) is 13.1. The molecule has 0 spiro atoms. The van der Waals surface area contributed by atoms with Crippen molar-refractivity contribution in [2.75, 3.05) is 14.2 Å². The van der Waals surface area contributed by atoms with E-state index in [0.29, 0.717) is 0 Å². The second kappa shape index (κ2) is 12.6. The first-order valence-electron chi connectivity index (χ1n) is 3.95. The van der Waals surface area contributed by atoms with Crippen LogP contribution >= 0.6 is 0 Å². The van der Waals surface area contributed by atoms with E-state index >= 15 is 0 Å². The van der Waals surface area contributed by atoms with E-state index in [-0.39, 0.29) is 30.9 Å². The van der Waals surface area contributed by atoms with Crippen molar-refractivity contribution in [1.29, 1.82) is 0 Å². The predicted octanol–water partition coefficient (Wildman–Crippen LogP) is -2.49. The van der Waals surface area contributed by atoms with Crippen molar-refractivity contribution in [3.05, 3.63) is 0 Å². The van der Waals surface area contributed by atoms with Gasteiger partial charge in [-0.3, -0.25) is 0 Å². The summed E-state index contributed by atoms with van der Waals surface area (Å²) in [7, 11) is 2.54. The molecule has 0 aromatic rings. The molecule has 0 aliphatic heterocycles. The molecule has 0 saturated heterocycles. The number of carboxylic acid groups (broad SMARTS) is 2. The van der Waals surface area contributed by atoms with E-state index in [2.05, 4.69) is 20.0 Å². The third-order valence-electron chi connectivity index (χ3n) is 1.05. The molecule has 0 atom stereocenters. The van der Waals surface area contributed by atoms with Crippen LogP contribution in [-0.4, -0.2) is 37.6 Å². The van der Waals surface area contributed by atoms with Crippen LogP contribution in [0.25, 0.3) is 0 Å². The van der Waals surface area contributed by atoms with Crippen molar-refractivity contribution in [3.8, 4) is 0 Å². The first-order chi connectivity index (χ1) is 7.36. The summed E-state index contributed by atoms with van der Waals surface area (Å²) in [6.07, 6.45) is 0. The molecule has 8 nitrogen and oxygen atoms in total. The Balaban J connectivity index is -0.000000218. The Labute approximate surface area is 111 Å². The SMILES string of the molecule is CO/N=C(\C)C(=O)[O-].CO/N=C(\C)C(=O)[O-].[Zn+2]. The van der Waals surface area contributed by atoms with Gasteiger partial charge in [0.05, 0.1) is 23.4 Å². The monoisotopic (exact) mass is 296 g/mol. The summed E-state index contributed by atoms with van der Waals surface area (Å²) in [6.45, 7) is 2.58. The second-order valence-corrected chi connectivity index (χ2v) is 2.29. The Bertz CT molecular complexity index is 272. The Morgan fingerprint density at radius 2 is 1.12 bits per heavy atom. The fourth-order valence-corrected chi connectivity index (χ4v) is 0.348. The first-order valence-corrected chi connectivity index (χ1v) is 3.95. The number of carbonyl (C=O) groups is 2. The average Bonchev–Trinajstić information content (AvgIpc) is 2.19. The molecule has 92 valence electrons. The normalized spacial score (nSPS) is 10.4. The summed E-state index contributed by atoms with van der Waals surface area (Å²) in [6, 6.07) is 0. The van der Waals surface area contributed by atoms with E-state index in [1.54, 1.807) is 0 Å². The number of oxime groups is 2. The molecule has 17 heavy (non-hydrogen) atoms. The van der Waals surface area contributed by atoms with Gasteiger partial charge < -0.3 is 29.5 Å². The van der Waals surface area contributed by atoms with Gasteiger partial charge in [-0.15, -0.1) is 0 Å². The minimum atomic E-state index is -1.31. The quantitative estimate of drug-likeness (QED) is 0.321. The Morgan fingerprint density at radius 1 is 0.882 bits per heavy atom. The van der Waals surface area contributed by atoms with Crippen molar-refractivity contribution < 1.29 is 49.0 Å². The first kappa shape index (κ1) is 20.9. The van der Waals surface area contributed by atoms with Crippen LogP contribution in [-0.2, 0) is 38.7 Å². The molecule has 0 aliphatic carbocycles. The van der Waals surface area contributed by atoms with Crippen LogP contribution in [0.15, 0.2) is 10.3 Å². The third kappa shape index (κ3) is 14.5. The minimum absolute atomic E-state index is 0. The van der Waals surface area contributed by atoms with E-state index < -0.39 is 11.9 Å². The number of hydrogen-bond donors (Lipinski definition) is 0. The number of nitrogens with zero attached hydrogens (tertiary/aromatic N) is 2. The zero-order valence-corrected chi connectivity index (χ0v) is 13.0. The summed E-state index contributed by atoms with van der Waals surface area (Å²) in [5, 5.41) is 25.7. The summed E-state index contributed by atoms with van der Waals surface area (Å²) < 4.78 is 0. The Kier molecular flexibility index (Phi) is 15.4. The Morgan fingerprint density at radius 3 is 1.18 bits per heavy atom. The van der Waals surface area contributed by atoms with E-state index in [1.807, 2.05) is 0 Å². The minimum Gasteiger partial charge on any atom is -0.543 e. The fourth-order valence-electron chi connectivity index (χ4n) is 0.348. The maximum atomic E-state index is 9.77. The van der Waals surface area contributed by atoms with Crippen molar-refractivity contribution in [2.24, 2.45) is 10.3 Å². The third-order valence-corrected chi connectivity index (χ3v) is 1.05. The van der Waals surface area contributed by atoms with Crippen LogP contribution in [0.5, 0.6) is 0 Å². The van der Waals surface area contributed by atoms with Gasteiger partial charge in [0.25, 0.3) is 0 Å². The number of carboxylic acids is 2. The number of carbonyl (C=O) groups excluding carboxylic acids is 2. The predicted molar refractivity (Wildman–Crippen MR) is 50.3 cm³/mol. The van der Waals surface area contributed by atoms with Crippen LogP contribution in [0.3, 0.4) is 0 Å². The summed E-state index contributed by atoms with van der Waals surface area (Å²) in [4.78, 5) is 27.8. The molecule has 9 heteroatoms. The van der Waals surface area contributed by atoms with E-state index in [0.717, 1.165) is 0 Å². The maximum absolute atomic E-state index is 9.77. The zero-order valence-electron chi connectivity index (χ0n) is 10.1. The molecule has 0 radical (unpaired) electrons. The topological polar surface area (TPSA) is 123 Å². The molecule has 0 unspecified atom stereocenters. The maximum Gasteiger partial charge on any atom is 2.00 e. The van der Waals surface area contributed by atoms with Crippen LogP contribution in [0.4, 0.5) is 0 Å². The molecule has 0 rings (SSSR count). The fraction of sp³-hybridized carbons (Fsp3) is 0.500. The van der Waals surface area contributed by atoms with Crippen molar-refractivity contribution in [2.45, 2.75) is 13.8 Å². The van der Waals surface area contributed by atoms with Gasteiger partial charge in [-0.25, -0.2) is 0 Å². The standard InChI is InChI=1S/2C4H7NO3.Zn/c2*1-3(4(6)7)5-8-2;/h2*1-2H3,(H,6,7);/q;;+2/p-2/b2*5-3+;. The van der Waals surface area contributed by atoms with Gasteiger partial charge in [0.2, 0.25) is 0 Å².